The molecule has 4 N–H and O–H groups in total. The van der Waals surface area contributed by atoms with Crippen LogP contribution in [0.15, 0.2) is 48.5 Å². The standard InChI is InChI=1S/C19H21ClN4O4/c20-13-1-5-15(6-2-13)24-10-9-23(19(24)27)11-16(25)12-28-17-7-3-14(4-8-17)22-18(21)26/h1-8,16,25H,9-12H2,(H3,21,22,26)/t16-/m0/s1. The highest BCUT2D eigenvalue weighted by Crippen LogP contribution is 2.22. The summed E-state index contributed by atoms with van der Waals surface area (Å²) in [6, 6.07) is 12.8. The summed E-state index contributed by atoms with van der Waals surface area (Å²) in [6.07, 6.45) is -0.836. The number of amides is 4. The third-order valence-corrected chi connectivity index (χ3v) is 4.48. The highest BCUT2D eigenvalue weighted by Gasteiger charge is 2.30. The summed E-state index contributed by atoms with van der Waals surface area (Å²) in [7, 11) is 0. The van der Waals surface area contributed by atoms with Crippen LogP contribution in [0.2, 0.25) is 5.02 Å². The largest absolute Gasteiger partial charge is 0.491 e. The summed E-state index contributed by atoms with van der Waals surface area (Å²) >= 11 is 5.88. The number of halogens is 1. The van der Waals surface area contributed by atoms with E-state index in [1.54, 1.807) is 58.3 Å². The lowest BCUT2D eigenvalue weighted by Gasteiger charge is -2.21. The summed E-state index contributed by atoms with van der Waals surface area (Å²) in [5.74, 6) is 0.532. The normalized spacial score (nSPS) is 14.9. The number of ether oxygens (including phenoxy) is 1. The van der Waals surface area contributed by atoms with E-state index >= 15 is 0 Å². The molecule has 0 aromatic heterocycles. The Kier molecular flexibility index (Phi) is 6.23. The van der Waals surface area contributed by atoms with Crippen LogP contribution < -0.4 is 20.7 Å². The molecule has 1 aliphatic heterocycles. The molecule has 4 amide bonds. The van der Waals surface area contributed by atoms with Gasteiger partial charge in [-0.15, -0.1) is 0 Å². The number of hydrogen-bond donors (Lipinski definition) is 3. The fraction of sp³-hybridized carbons (Fsp3) is 0.263. The molecule has 148 valence electrons. The van der Waals surface area contributed by atoms with Crippen molar-refractivity contribution in [3.63, 3.8) is 0 Å². The number of nitrogens with one attached hydrogen (secondary N) is 1. The molecule has 8 nitrogen and oxygen atoms in total. The SMILES string of the molecule is NC(=O)Nc1ccc(OC[C@@H](O)CN2CCN(c3ccc(Cl)cc3)C2=O)cc1. The van der Waals surface area contributed by atoms with Crippen molar-refractivity contribution in [1.29, 1.82) is 0 Å². The molecule has 3 rings (SSSR count). The minimum atomic E-state index is -0.836. The number of aliphatic hydroxyl groups excluding tert-OH is 1. The third-order valence-electron chi connectivity index (χ3n) is 4.23. The van der Waals surface area contributed by atoms with Crippen LogP contribution in [0.1, 0.15) is 0 Å². The number of carbonyl (C=O) groups is 2. The lowest BCUT2D eigenvalue weighted by Crippen LogP contribution is -2.39. The number of primary amides is 1. The third kappa shape index (κ3) is 5.05. The Bertz CT molecular complexity index is 829. The number of hydrogen-bond acceptors (Lipinski definition) is 4. The van der Waals surface area contributed by atoms with Gasteiger partial charge in [-0.1, -0.05) is 11.6 Å². The molecule has 1 fully saturated rings. The van der Waals surface area contributed by atoms with Crippen LogP contribution in [0, 0.1) is 0 Å². The first-order chi connectivity index (χ1) is 13.4. The fourth-order valence-corrected chi connectivity index (χ4v) is 3.01. The maximum absolute atomic E-state index is 12.5. The number of nitrogens with two attached hydrogens (primary N) is 1. The molecule has 2 aromatic rings. The van der Waals surface area contributed by atoms with E-state index in [9.17, 15) is 14.7 Å². The van der Waals surface area contributed by atoms with E-state index in [2.05, 4.69) is 5.32 Å². The van der Waals surface area contributed by atoms with Gasteiger partial charge in [-0.25, -0.2) is 9.59 Å². The van der Waals surface area contributed by atoms with Gasteiger partial charge in [0, 0.05) is 29.5 Å². The number of benzene rings is 2. The molecule has 0 saturated carbocycles. The zero-order chi connectivity index (χ0) is 20.1. The number of nitrogens with zero attached hydrogens (tertiary/aromatic N) is 2. The van der Waals surface area contributed by atoms with Gasteiger partial charge >= 0.3 is 12.1 Å². The predicted octanol–water partition coefficient (Wildman–Crippen LogP) is 2.51. The zero-order valence-corrected chi connectivity index (χ0v) is 15.8. The maximum Gasteiger partial charge on any atom is 0.324 e. The van der Waals surface area contributed by atoms with Gasteiger partial charge in [0.2, 0.25) is 0 Å². The Morgan fingerprint density at radius 3 is 2.50 bits per heavy atom. The van der Waals surface area contributed by atoms with Crippen LogP contribution in [-0.2, 0) is 0 Å². The van der Waals surface area contributed by atoms with Crippen LogP contribution >= 0.6 is 11.6 Å². The van der Waals surface area contributed by atoms with E-state index in [1.807, 2.05) is 0 Å². The van der Waals surface area contributed by atoms with Crippen molar-refractivity contribution < 1.29 is 19.4 Å². The minimum absolute atomic E-state index is 0.0350. The Morgan fingerprint density at radius 2 is 1.86 bits per heavy atom. The number of aliphatic hydroxyl groups is 1. The first kappa shape index (κ1) is 19.8. The van der Waals surface area contributed by atoms with Crippen molar-refractivity contribution in [2.24, 2.45) is 5.73 Å². The lowest BCUT2D eigenvalue weighted by molar-refractivity contribution is 0.0829. The molecule has 1 heterocycles. The highest BCUT2D eigenvalue weighted by molar-refractivity contribution is 6.30. The molecule has 0 aliphatic carbocycles. The fourth-order valence-electron chi connectivity index (χ4n) is 2.89. The van der Waals surface area contributed by atoms with E-state index < -0.39 is 12.1 Å². The zero-order valence-electron chi connectivity index (χ0n) is 15.0. The van der Waals surface area contributed by atoms with E-state index in [1.165, 1.54) is 0 Å². The smallest absolute Gasteiger partial charge is 0.324 e. The van der Waals surface area contributed by atoms with E-state index in [-0.39, 0.29) is 19.2 Å². The summed E-state index contributed by atoms with van der Waals surface area (Å²) in [5.41, 5.74) is 6.36. The van der Waals surface area contributed by atoms with Crippen LogP contribution in [0.4, 0.5) is 21.0 Å². The second-order valence-electron chi connectivity index (χ2n) is 6.34. The van der Waals surface area contributed by atoms with E-state index in [4.69, 9.17) is 22.1 Å². The van der Waals surface area contributed by atoms with Gasteiger partial charge in [0.1, 0.15) is 18.5 Å². The number of carbonyl (C=O) groups excluding carboxylic acids is 2. The molecule has 2 aromatic carbocycles. The summed E-state index contributed by atoms with van der Waals surface area (Å²) in [6.45, 7) is 1.27. The Balaban J connectivity index is 1.48. The highest BCUT2D eigenvalue weighted by atomic mass is 35.5. The summed E-state index contributed by atoms with van der Waals surface area (Å²) in [5, 5.41) is 13.3. The first-order valence-electron chi connectivity index (χ1n) is 8.72. The predicted molar refractivity (Wildman–Crippen MR) is 107 cm³/mol. The van der Waals surface area contributed by atoms with Crippen molar-refractivity contribution in [2.75, 3.05) is 36.5 Å². The van der Waals surface area contributed by atoms with E-state index in [0.717, 1.165) is 5.69 Å². The average molecular weight is 405 g/mol. The molecule has 0 bridgehead atoms. The summed E-state index contributed by atoms with van der Waals surface area (Å²) < 4.78 is 5.54. The monoisotopic (exact) mass is 404 g/mol. The second kappa shape index (κ2) is 8.81. The molecule has 1 atom stereocenters. The molecule has 0 radical (unpaired) electrons. The molecule has 9 heteroatoms. The van der Waals surface area contributed by atoms with Gasteiger partial charge in [0.15, 0.2) is 0 Å². The van der Waals surface area contributed by atoms with Crippen molar-refractivity contribution in [1.82, 2.24) is 4.90 Å². The number of rotatable bonds is 7. The van der Waals surface area contributed by atoms with Gasteiger partial charge in [-0.2, -0.15) is 0 Å². The maximum atomic E-state index is 12.5. The molecule has 28 heavy (non-hydrogen) atoms. The Morgan fingerprint density at radius 1 is 1.18 bits per heavy atom. The molecule has 0 unspecified atom stereocenters. The first-order valence-corrected chi connectivity index (χ1v) is 9.09. The molecular formula is C19H21ClN4O4. The van der Waals surface area contributed by atoms with Crippen molar-refractivity contribution >= 4 is 35.0 Å². The molecular weight excluding hydrogens is 384 g/mol. The molecule has 1 saturated heterocycles. The van der Waals surface area contributed by atoms with Crippen LogP contribution in [0.25, 0.3) is 0 Å². The van der Waals surface area contributed by atoms with Crippen molar-refractivity contribution in [3.8, 4) is 5.75 Å². The van der Waals surface area contributed by atoms with Gasteiger partial charge < -0.3 is 25.8 Å². The summed E-state index contributed by atoms with van der Waals surface area (Å²) in [4.78, 5) is 26.6. The van der Waals surface area contributed by atoms with E-state index in [0.29, 0.717) is 29.5 Å². The van der Waals surface area contributed by atoms with Crippen molar-refractivity contribution in [3.05, 3.63) is 53.6 Å². The number of anilines is 2. The Labute approximate surface area is 167 Å². The average Bonchev–Trinajstić information content (AvgIpc) is 3.02. The molecule has 1 aliphatic rings. The number of urea groups is 2. The van der Waals surface area contributed by atoms with Gasteiger partial charge in [0.25, 0.3) is 0 Å². The van der Waals surface area contributed by atoms with Crippen LogP contribution in [0.5, 0.6) is 5.75 Å². The van der Waals surface area contributed by atoms with Crippen molar-refractivity contribution in [2.45, 2.75) is 6.10 Å². The minimum Gasteiger partial charge on any atom is -0.491 e. The van der Waals surface area contributed by atoms with Gasteiger partial charge in [-0.05, 0) is 48.5 Å². The molecule has 0 spiro atoms. The van der Waals surface area contributed by atoms with Crippen LogP contribution in [-0.4, -0.2) is 54.4 Å². The second-order valence-corrected chi connectivity index (χ2v) is 6.77. The topological polar surface area (TPSA) is 108 Å². The number of β-amino-alcohol motifs (C(OH)–C–C–N with tert-alkyl or cyclic N) is 1. The Hall–Kier alpha value is -2.97. The lowest BCUT2D eigenvalue weighted by atomic mass is 10.3. The van der Waals surface area contributed by atoms with Gasteiger partial charge in [-0.3, -0.25) is 4.90 Å². The van der Waals surface area contributed by atoms with Crippen LogP contribution in [0.3, 0.4) is 0 Å². The quantitative estimate of drug-likeness (QED) is 0.658. The van der Waals surface area contributed by atoms with Gasteiger partial charge in [0.05, 0.1) is 6.54 Å².